The second kappa shape index (κ2) is 5.36. The highest BCUT2D eigenvalue weighted by atomic mass is 16.5. The molecule has 96 valence electrons. The van der Waals surface area contributed by atoms with Crippen LogP contribution in [0.5, 0.6) is 5.75 Å². The van der Waals surface area contributed by atoms with Gasteiger partial charge >= 0.3 is 0 Å². The molecule has 0 N–H and O–H groups in total. The van der Waals surface area contributed by atoms with E-state index in [1.807, 2.05) is 24.3 Å². The zero-order valence-corrected chi connectivity index (χ0v) is 10.6. The molecule has 1 fully saturated rings. The normalized spacial score (nSPS) is 23.1. The molecule has 1 atom stereocenters. The van der Waals surface area contributed by atoms with E-state index in [2.05, 4.69) is 6.58 Å². The fourth-order valence-electron chi connectivity index (χ4n) is 2.22. The van der Waals surface area contributed by atoms with Crippen LogP contribution in [0.2, 0.25) is 0 Å². The maximum atomic E-state index is 11.8. The Morgan fingerprint density at radius 2 is 2.11 bits per heavy atom. The molecule has 2 rings (SSSR count). The van der Waals surface area contributed by atoms with Gasteiger partial charge in [0, 0.05) is 6.42 Å². The highest BCUT2D eigenvalue weighted by Gasteiger charge is 2.40. The third-order valence-electron chi connectivity index (χ3n) is 3.41. The third-order valence-corrected chi connectivity index (χ3v) is 3.41. The summed E-state index contributed by atoms with van der Waals surface area (Å²) in [4.78, 5) is 11.8. The van der Waals surface area contributed by atoms with Crippen molar-refractivity contribution in [1.29, 1.82) is 0 Å². The van der Waals surface area contributed by atoms with Gasteiger partial charge in [-0.3, -0.25) is 4.79 Å². The topological polar surface area (TPSA) is 35.5 Å². The van der Waals surface area contributed by atoms with Crippen LogP contribution >= 0.6 is 0 Å². The maximum Gasteiger partial charge on any atom is 0.168 e. The molecule has 0 radical (unpaired) electrons. The van der Waals surface area contributed by atoms with Crippen LogP contribution in [0.1, 0.15) is 24.8 Å². The number of ketones is 1. The molecule has 3 heteroatoms. The Balaban J connectivity index is 2.01. The van der Waals surface area contributed by atoms with Crippen LogP contribution in [0.15, 0.2) is 36.9 Å². The van der Waals surface area contributed by atoms with Crippen LogP contribution in [0, 0.1) is 0 Å². The summed E-state index contributed by atoms with van der Waals surface area (Å²) in [7, 11) is 1.63. The quantitative estimate of drug-likeness (QED) is 0.749. The average Bonchev–Trinajstić information content (AvgIpc) is 2.79. The van der Waals surface area contributed by atoms with Gasteiger partial charge in [0.15, 0.2) is 5.78 Å². The van der Waals surface area contributed by atoms with E-state index in [9.17, 15) is 4.79 Å². The molecule has 1 aliphatic rings. The Bertz CT molecular complexity index is 436. The van der Waals surface area contributed by atoms with E-state index in [1.54, 1.807) is 13.2 Å². The van der Waals surface area contributed by atoms with E-state index in [1.165, 1.54) is 0 Å². The Morgan fingerprint density at radius 3 is 2.61 bits per heavy atom. The van der Waals surface area contributed by atoms with Gasteiger partial charge in [-0.2, -0.15) is 0 Å². The molecule has 0 bridgehead atoms. The molecule has 1 aromatic rings. The molecule has 1 aromatic carbocycles. The molecular weight excluding hydrogens is 228 g/mol. The summed E-state index contributed by atoms with van der Waals surface area (Å²) >= 11 is 0. The number of hydrogen-bond acceptors (Lipinski definition) is 3. The second-order valence-corrected chi connectivity index (χ2v) is 4.51. The van der Waals surface area contributed by atoms with Gasteiger partial charge in [0.25, 0.3) is 0 Å². The van der Waals surface area contributed by atoms with Gasteiger partial charge in [-0.1, -0.05) is 24.8 Å². The van der Waals surface area contributed by atoms with E-state index in [4.69, 9.17) is 9.47 Å². The largest absolute Gasteiger partial charge is 0.497 e. The molecule has 0 spiro atoms. The lowest BCUT2D eigenvalue weighted by molar-refractivity contribution is -0.135. The van der Waals surface area contributed by atoms with Gasteiger partial charge in [-0.05, 0) is 30.5 Å². The molecule has 1 saturated carbocycles. The van der Waals surface area contributed by atoms with Crippen molar-refractivity contribution in [2.24, 2.45) is 0 Å². The molecule has 3 nitrogen and oxygen atoms in total. The molecule has 1 aliphatic carbocycles. The van der Waals surface area contributed by atoms with Gasteiger partial charge in [0.05, 0.1) is 13.7 Å². The van der Waals surface area contributed by atoms with E-state index >= 15 is 0 Å². The number of rotatable bonds is 5. The molecule has 18 heavy (non-hydrogen) atoms. The summed E-state index contributed by atoms with van der Waals surface area (Å²) in [5.74, 6) is 0.958. The van der Waals surface area contributed by atoms with Gasteiger partial charge in [-0.25, -0.2) is 0 Å². The van der Waals surface area contributed by atoms with Crippen LogP contribution in [-0.4, -0.2) is 18.5 Å². The number of hydrogen-bond donors (Lipinski definition) is 0. The van der Waals surface area contributed by atoms with Crippen LogP contribution < -0.4 is 4.74 Å². The molecular formula is C15H18O3. The van der Waals surface area contributed by atoms with Crippen molar-refractivity contribution >= 4 is 5.78 Å². The van der Waals surface area contributed by atoms with E-state index in [0.29, 0.717) is 13.0 Å². The Hall–Kier alpha value is -1.61. The smallest absolute Gasteiger partial charge is 0.168 e. The van der Waals surface area contributed by atoms with Crippen molar-refractivity contribution in [2.45, 2.75) is 31.5 Å². The molecule has 0 aromatic heterocycles. The highest BCUT2D eigenvalue weighted by Crippen LogP contribution is 2.32. The van der Waals surface area contributed by atoms with Crippen LogP contribution in [0.4, 0.5) is 0 Å². The maximum absolute atomic E-state index is 11.8. The Kier molecular flexibility index (Phi) is 3.82. The predicted molar refractivity (Wildman–Crippen MR) is 69.6 cm³/mol. The van der Waals surface area contributed by atoms with Gasteiger partial charge in [0.2, 0.25) is 0 Å². The minimum absolute atomic E-state index is 0.144. The van der Waals surface area contributed by atoms with Gasteiger partial charge in [-0.15, -0.1) is 0 Å². The first kappa shape index (κ1) is 12.8. The zero-order valence-electron chi connectivity index (χ0n) is 10.6. The van der Waals surface area contributed by atoms with Crippen LogP contribution in [-0.2, 0) is 16.1 Å². The number of methoxy groups -OCH3 is 1. The van der Waals surface area contributed by atoms with Gasteiger partial charge < -0.3 is 9.47 Å². The number of ether oxygens (including phenoxy) is 2. The summed E-state index contributed by atoms with van der Waals surface area (Å²) < 4.78 is 10.9. The first-order valence-electron chi connectivity index (χ1n) is 6.14. The summed E-state index contributed by atoms with van der Waals surface area (Å²) in [5, 5.41) is 0. The lowest BCUT2D eigenvalue weighted by atomic mass is 10.0. The minimum atomic E-state index is -0.764. The van der Waals surface area contributed by atoms with Crippen molar-refractivity contribution in [1.82, 2.24) is 0 Å². The van der Waals surface area contributed by atoms with Crippen LogP contribution in [0.25, 0.3) is 0 Å². The van der Waals surface area contributed by atoms with Crippen molar-refractivity contribution in [3.05, 3.63) is 42.5 Å². The van der Waals surface area contributed by atoms with E-state index < -0.39 is 5.60 Å². The zero-order chi connectivity index (χ0) is 13.0. The minimum Gasteiger partial charge on any atom is -0.497 e. The highest BCUT2D eigenvalue weighted by molar-refractivity contribution is 5.91. The van der Waals surface area contributed by atoms with Crippen molar-refractivity contribution in [3.63, 3.8) is 0 Å². The van der Waals surface area contributed by atoms with Crippen LogP contribution in [0.3, 0.4) is 0 Å². The lowest BCUT2D eigenvalue weighted by Crippen LogP contribution is -2.34. The number of benzene rings is 1. The standard InChI is InChI=1S/C15H18O3/c1-3-15(10-4-5-14(15)16)18-11-12-6-8-13(17-2)9-7-12/h3,6-9H,1,4-5,10-11H2,2H3. The SMILES string of the molecule is C=CC1(OCc2ccc(OC)cc2)CCCC1=O. The number of carbonyl (C=O) groups excluding carboxylic acids is 1. The molecule has 0 heterocycles. The summed E-state index contributed by atoms with van der Waals surface area (Å²) in [5.41, 5.74) is 0.261. The summed E-state index contributed by atoms with van der Waals surface area (Å²) in [6, 6.07) is 7.65. The van der Waals surface area contributed by atoms with Crippen molar-refractivity contribution in [2.75, 3.05) is 7.11 Å². The first-order valence-corrected chi connectivity index (χ1v) is 6.14. The fourth-order valence-corrected chi connectivity index (χ4v) is 2.22. The third kappa shape index (κ3) is 2.46. The molecule has 1 unspecified atom stereocenters. The van der Waals surface area contributed by atoms with Crippen molar-refractivity contribution in [3.8, 4) is 5.75 Å². The van der Waals surface area contributed by atoms with Crippen molar-refractivity contribution < 1.29 is 14.3 Å². The molecule has 0 amide bonds. The van der Waals surface area contributed by atoms with E-state index in [-0.39, 0.29) is 5.78 Å². The lowest BCUT2D eigenvalue weighted by Gasteiger charge is -2.23. The number of Topliss-reactive ketones (excluding diaryl/α,β-unsaturated/α-hetero) is 1. The molecule has 0 saturated heterocycles. The summed E-state index contributed by atoms with van der Waals surface area (Å²) in [6.07, 6.45) is 3.86. The Labute approximate surface area is 107 Å². The monoisotopic (exact) mass is 246 g/mol. The first-order chi connectivity index (χ1) is 8.70. The fraction of sp³-hybridized carbons (Fsp3) is 0.400. The predicted octanol–water partition coefficient (Wildman–Crippen LogP) is 2.89. The average molecular weight is 246 g/mol. The van der Waals surface area contributed by atoms with Gasteiger partial charge in [0.1, 0.15) is 11.4 Å². The number of carbonyl (C=O) groups is 1. The summed E-state index contributed by atoms with van der Waals surface area (Å²) in [6.45, 7) is 4.16. The Morgan fingerprint density at radius 1 is 1.39 bits per heavy atom. The van der Waals surface area contributed by atoms with E-state index in [0.717, 1.165) is 24.2 Å². The molecule has 0 aliphatic heterocycles. The second-order valence-electron chi connectivity index (χ2n) is 4.51.